The van der Waals surface area contributed by atoms with E-state index in [1.165, 1.54) is 91.0 Å². The number of carbonyl (C=O) groups is 4. The third kappa shape index (κ3) is 5.22. The summed E-state index contributed by atoms with van der Waals surface area (Å²) in [6.45, 7) is 0. The van der Waals surface area contributed by atoms with Gasteiger partial charge in [-0.3, -0.25) is 39.4 Å². The monoisotopic (exact) mass is 551 g/mol. The van der Waals surface area contributed by atoms with Crippen molar-refractivity contribution in [3.8, 4) is 0 Å². The Kier molecular flexibility index (Phi) is 6.75. The number of nitrogens with zero attached hydrogens (tertiary/aromatic N) is 3. The van der Waals surface area contributed by atoms with Crippen molar-refractivity contribution in [1.29, 1.82) is 0 Å². The van der Waals surface area contributed by atoms with Crippen molar-refractivity contribution in [3.05, 3.63) is 133 Å². The van der Waals surface area contributed by atoms with Crippen LogP contribution in [-0.4, -0.2) is 33.5 Å². The lowest BCUT2D eigenvalue weighted by atomic mass is 10.1. The maximum atomic E-state index is 13.3. The Morgan fingerprint density at radius 2 is 1.12 bits per heavy atom. The van der Waals surface area contributed by atoms with Gasteiger partial charge in [-0.1, -0.05) is 18.2 Å². The maximum absolute atomic E-state index is 13.3. The molecule has 5 rings (SSSR count). The number of nitro benzene ring substituents is 2. The molecule has 0 spiro atoms. The molecule has 0 saturated carbocycles. The topological polar surface area (TPSA) is 182 Å². The van der Waals surface area contributed by atoms with Gasteiger partial charge in [-0.25, -0.2) is 4.90 Å². The van der Waals surface area contributed by atoms with Crippen LogP contribution in [0, 0.1) is 20.2 Å². The molecule has 1 aliphatic heterocycles. The highest BCUT2D eigenvalue weighted by Crippen LogP contribution is 2.30. The minimum Gasteiger partial charge on any atom is -0.322 e. The molecule has 0 radical (unpaired) electrons. The fourth-order valence-corrected chi connectivity index (χ4v) is 4.20. The predicted octanol–water partition coefficient (Wildman–Crippen LogP) is 4.81. The summed E-state index contributed by atoms with van der Waals surface area (Å²) in [7, 11) is 0. The molecule has 0 aromatic heterocycles. The summed E-state index contributed by atoms with van der Waals surface area (Å²) >= 11 is 0. The molecule has 0 unspecified atom stereocenters. The first-order valence-corrected chi connectivity index (χ1v) is 11.9. The van der Waals surface area contributed by atoms with Crippen LogP contribution in [-0.2, 0) is 0 Å². The molecule has 0 fully saturated rings. The molecule has 1 heterocycles. The van der Waals surface area contributed by atoms with E-state index in [1.54, 1.807) is 0 Å². The van der Waals surface area contributed by atoms with Gasteiger partial charge in [0, 0.05) is 46.8 Å². The average Bonchev–Trinajstić information content (AvgIpc) is 3.22. The molecule has 13 heteroatoms. The lowest BCUT2D eigenvalue weighted by Crippen LogP contribution is -2.29. The second kappa shape index (κ2) is 10.5. The molecule has 2 N–H and O–H groups in total. The lowest BCUT2D eigenvalue weighted by molar-refractivity contribution is -0.385. The summed E-state index contributed by atoms with van der Waals surface area (Å²) in [5.74, 6) is -2.64. The van der Waals surface area contributed by atoms with E-state index in [0.29, 0.717) is 0 Å². The fraction of sp³-hybridized carbons (Fsp3) is 0. The van der Waals surface area contributed by atoms with Crippen molar-refractivity contribution in [2.75, 3.05) is 15.5 Å². The zero-order chi connectivity index (χ0) is 29.3. The molecule has 13 nitrogen and oxygen atoms in total. The van der Waals surface area contributed by atoms with Crippen LogP contribution >= 0.6 is 0 Å². The molecule has 0 saturated heterocycles. The van der Waals surface area contributed by atoms with Gasteiger partial charge in [0.25, 0.3) is 35.0 Å². The molecule has 4 aromatic rings. The second-order valence-corrected chi connectivity index (χ2v) is 8.78. The standard InChI is InChI=1S/C28H17N5O8/c34-25(29-18-5-2-8-21(14-18)32(38)39)16-4-1-7-20(12-16)31-27(36)23-11-10-17(13-24(23)28(31)37)26(35)30-19-6-3-9-22(15-19)33(40)41/h1-15H,(H,29,34)(H,30,35). The minimum atomic E-state index is -0.716. The van der Waals surface area contributed by atoms with Crippen molar-refractivity contribution in [1.82, 2.24) is 0 Å². The zero-order valence-electron chi connectivity index (χ0n) is 20.8. The number of nitrogens with one attached hydrogen (secondary N) is 2. The molecule has 0 bridgehead atoms. The van der Waals surface area contributed by atoms with Gasteiger partial charge >= 0.3 is 0 Å². The molecule has 4 aromatic carbocycles. The largest absolute Gasteiger partial charge is 0.322 e. The van der Waals surface area contributed by atoms with E-state index in [2.05, 4.69) is 10.6 Å². The van der Waals surface area contributed by atoms with Crippen molar-refractivity contribution < 1.29 is 29.0 Å². The number of hydrogen-bond donors (Lipinski definition) is 2. The van der Waals surface area contributed by atoms with Crippen LogP contribution < -0.4 is 15.5 Å². The number of non-ortho nitro benzene ring substituents is 2. The van der Waals surface area contributed by atoms with E-state index in [4.69, 9.17) is 0 Å². The van der Waals surface area contributed by atoms with Crippen molar-refractivity contribution in [3.63, 3.8) is 0 Å². The van der Waals surface area contributed by atoms with Gasteiger partial charge in [0.15, 0.2) is 0 Å². The van der Waals surface area contributed by atoms with Gasteiger partial charge in [-0.05, 0) is 48.5 Å². The first-order valence-electron chi connectivity index (χ1n) is 11.9. The molecule has 0 aliphatic carbocycles. The van der Waals surface area contributed by atoms with Crippen molar-refractivity contribution in [2.24, 2.45) is 0 Å². The van der Waals surface area contributed by atoms with Crippen LogP contribution in [0.5, 0.6) is 0 Å². The van der Waals surface area contributed by atoms with E-state index < -0.39 is 33.5 Å². The Morgan fingerprint density at radius 3 is 1.68 bits per heavy atom. The third-order valence-corrected chi connectivity index (χ3v) is 6.14. The summed E-state index contributed by atoms with van der Waals surface area (Å²) in [6, 6.07) is 20.3. The Labute approximate surface area is 230 Å². The SMILES string of the molecule is O=C(Nc1cccc([N+](=O)[O-])c1)c1cccc(N2C(=O)c3ccc(C(=O)Nc4cccc([N+](=O)[O-])c4)cc3C2=O)c1. The molecule has 0 atom stereocenters. The molecule has 4 amide bonds. The number of hydrogen-bond acceptors (Lipinski definition) is 8. The van der Waals surface area contributed by atoms with Gasteiger partial charge in [-0.15, -0.1) is 0 Å². The Balaban J connectivity index is 1.36. The van der Waals surface area contributed by atoms with Crippen LogP contribution in [0.4, 0.5) is 28.4 Å². The smallest absolute Gasteiger partial charge is 0.271 e. The number of imide groups is 1. The quantitative estimate of drug-likeness (QED) is 0.186. The van der Waals surface area contributed by atoms with Crippen LogP contribution in [0.25, 0.3) is 0 Å². The highest BCUT2D eigenvalue weighted by Gasteiger charge is 2.37. The molecular formula is C28H17N5O8. The number of benzene rings is 4. The molecule has 202 valence electrons. The van der Waals surface area contributed by atoms with Crippen LogP contribution in [0.3, 0.4) is 0 Å². The summed E-state index contributed by atoms with van der Waals surface area (Å²) in [6.07, 6.45) is 0. The Morgan fingerprint density at radius 1 is 0.610 bits per heavy atom. The number of nitro groups is 2. The summed E-state index contributed by atoms with van der Waals surface area (Å²) in [5.41, 5.74) is 0.188. The van der Waals surface area contributed by atoms with Crippen molar-refractivity contribution >= 4 is 52.1 Å². The van der Waals surface area contributed by atoms with E-state index in [1.807, 2.05) is 0 Å². The van der Waals surface area contributed by atoms with E-state index >= 15 is 0 Å². The molecular weight excluding hydrogens is 534 g/mol. The highest BCUT2D eigenvalue weighted by molar-refractivity contribution is 6.35. The number of fused-ring (bicyclic) bond motifs is 1. The van der Waals surface area contributed by atoms with Gasteiger partial charge < -0.3 is 10.6 Å². The maximum Gasteiger partial charge on any atom is 0.271 e. The normalized spacial score (nSPS) is 12.0. The number of amides is 4. The van der Waals surface area contributed by atoms with Gasteiger partial charge in [0.05, 0.1) is 26.7 Å². The zero-order valence-corrected chi connectivity index (χ0v) is 20.8. The van der Waals surface area contributed by atoms with Gasteiger partial charge in [0.2, 0.25) is 0 Å². The minimum absolute atomic E-state index is 0.0341. The van der Waals surface area contributed by atoms with E-state index in [9.17, 15) is 39.4 Å². The number of rotatable bonds is 7. The predicted molar refractivity (Wildman–Crippen MR) is 146 cm³/mol. The van der Waals surface area contributed by atoms with Crippen LogP contribution in [0.1, 0.15) is 41.4 Å². The summed E-state index contributed by atoms with van der Waals surface area (Å²) in [4.78, 5) is 73.7. The average molecular weight is 551 g/mol. The summed E-state index contributed by atoms with van der Waals surface area (Å²) in [5, 5.41) is 27.1. The number of carbonyl (C=O) groups excluding carboxylic acids is 4. The third-order valence-electron chi connectivity index (χ3n) is 6.14. The van der Waals surface area contributed by atoms with Crippen molar-refractivity contribution in [2.45, 2.75) is 0 Å². The fourth-order valence-electron chi connectivity index (χ4n) is 4.20. The Hall–Kier alpha value is -6.24. The van der Waals surface area contributed by atoms with E-state index in [0.717, 1.165) is 4.90 Å². The lowest BCUT2D eigenvalue weighted by Gasteiger charge is -2.15. The second-order valence-electron chi connectivity index (χ2n) is 8.78. The van der Waals surface area contributed by atoms with Gasteiger partial charge in [-0.2, -0.15) is 0 Å². The highest BCUT2D eigenvalue weighted by atomic mass is 16.6. The molecule has 41 heavy (non-hydrogen) atoms. The first-order chi connectivity index (χ1) is 19.6. The van der Waals surface area contributed by atoms with Gasteiger partial charge in [0.1, 0.15) is 0 Å². The van der Waals surface area contributed by atoms with Crippen LogP contribution in [0.2, 0.25) is 0 Å². The summed E-state index contributed by atoms with van der Waals surface area (Å²) < 4.78 is 0. The Bertz CT molecular complexity index is 1800. The molecule has 1 aliphatic rings. The van der Waals surface area contributed by atoms with Crippen LogP contribution in [0.15, 0.2) is 91.0 Å². The van der Waals surface area contributed by atoms with E-state index in [-0.39, 0.29) is 50.7 Å². The first kappa shape index (κ1) is 26.4. The number of anilines is 3.